The van der Waals surface area contributed by atoms with Gasteiger partial charge in [-0.1, -0.05) is 114 Å². The van der Waals surface area contributed by atoms with Gasteiger partial charge in [-0.05, 0) is 68.8 Å². The summed E-state index contributed by atoms with van der Waals surface area (Å²) in [5.41, 5.74) is 6.37. The fraction of sp³-hybridized carbons (Fsp3) is 0.0811. The van der Waals surface area contributed by atoms with E-state index in [0.29, 0.717) is 39.8 Å². The van der Waals surface area contributed by atoms with Crippen molar-refractivity contribution < 1.29 is 22.8 Å². The molecule has 4 aromatic carbocycles. The van der Waals surface area contributed by atoms with Crippen LogP contribution < -0.4 is 0 Å². The lowest BCUT2D eigenvalue weighted by Crippen LogP contribution is -2.05. The molecule has 4 aromatic rings. The van der Waals surface area contributed by atoms with Gasteiger partial charge in [-0.25, -0.2) is 0 Å². The van der Waals surface area contributed by atoms with E-state index in [9.17, 15) is 22.8 Å². The van der Waals surface area contributed by atoms with Crippen molar-refractivity contribution in [3.8, 4) is 0 Å². The molecule has 0 radical (unpaired) electrons. The number of halogens is 4. The third-order valence-electron chi connectivity index (χ3n) is 7.32. The van der Waals surface area contributed by atoms with Gasteiger partial charge in [0.15, 0.2) is 11.6 Å². The third-order valence-corrected chi connectivity index (χ3v) is 7.81. The largest absolute Gasteiger partial charge is 0.416 e. The number of ketones is 2. The molecule has 0 bridgehead atoms. The average Bonchev–Trinajstić information content (AvgIpc) is 3.48. The second-order valence-electron chi connectivity index (χ2n) is 10.2. The van der Waals surface area contributed by atoms with Crippen molar-refractivity contribution in [2.75, 3.05) is 0 Å². The second-order valence-corrected chi connectivity index (χ2v) is 11.2. The third kappa shape index (κ3) is 6.45. The Bertz CT molecular complexity index is 1810. The van der Waals surface area contributed by atoms with Crippen LogP contribution in [-0.4, -0.2) is 11.6 Å². The number of Topliss-reactive ketones (excluding diaryl/α,β-unsaturated/α-hetero) is 2. The lowest BCUT2D eigenvalue weighted by molar-refractivity contribution is -0.137. The lowest BCUT2D eigenvalue weighted by Gasteiger charge is -2.11. The number of benzene rings is 4. The first kappa shape index (κ1) is 29.9. The van der Waals surface area contributed by atoms with Crippen molar-refractivity contribution in [3.05, 3.63) is 166 Å². The van der Waals surface area contributed by atoms with Crippen LogP contribution >= 0.6 is 15.9 Å². The normalized spacial score (nSPS) is 15.3. The zero-order chi connectivity index (χ0) is 30.7. The number of rotatable bonds is 4. The maximum atomic E-state index is 12.9. The molecule has 6 heteroatoms. The minimum atomic E-state index is -4.41. The van der Waals surface area contributed by atoms with Crippen LogP contribution in [0.2, 0.25) is 0 Å². The summed E-state index contributed by atoms with van der Waals surface area (Å²) in [6, 6.07) is 31.9. The number of carbonyl (C=O) groups excluding carboxylic acids is 2. The Morgan fingerprint density at radius 1 is 0.558 bits per heavy atom. The minimum absolute atomic E-state index is 0.0613. The molecule has 0 amide bonds. The molecule has 0 heterocycles. The number of alkyl halides is 3. The zero-order valence-electron chi connectivity index (χ0n) is 23.0. The van der Waals surface area contributed by atoms with E-state index < -0.39 is 11.7 Å². The molecule has 0 aromatic heterocycles. The van der Waals surface area contributed by atoms with Gasteiger partial charge in [0.25, 0.3) is 0 Å². The number of allylic oxidation sites excluding steroid dienone is 6. The molecule has 2 nitrogen and oxygen atoms in total. The summed E-state index contributed by atoms with van der Waals surface area (Å²) in [6.45, 7) is 7.65. The number of hydrogen-bond donors (Lipinski definition) is 0. The molecule has 0 N–H and O–H groups in total. The molecule has 0 spiro atoms. The minimum Gasteiger partial charge on any atom is -0.289 e. The van der Waals surface area contributed by atoms with Crippen molar-refractivity contribution in [3.63, 3.8) is 0 Å². The van der Waals surface area contributed by atoms with Gasteiger partial charge in [-0.2, -0.15) is 13.2 Å². The molecular formula is C37H26BrF3O2. The van der Waals surface area contributed by atoms with Crippen LogP contribution in [0.1, 0.15) is 40.7 Å². The van der Waals surface area contributed by atoms with Gasteiger partial charge >= 0.3 is 6.18 Å². The molecule has 43 heavy (non-hydrogen) atoms. The predicted molar refractivity (Wildman–Crippen MR) is 170 cm³/mol. The molecule has 2 aliphatic carbocycles. The molecular weight excluding hydrogens is 613 g/mol. The summed E-state index contributed by atoms with van der Waals surface area (Å²) in [7, 11) is 0. The van der Waals surface area contributed by atoms with Gasteiger partial charge in [-0.3, -0.25) is 9.59 Å². The highest BCUT2D eigenvalue weighted by atomic mass is 79.9. The standard InChI is InChI=1S/C19H13F3O.C18H13BrO/c1-12-10-16(14-8-5-9-15(11-14)19(20,21)22)17(18(12)23)13-6-3-2-4-7-13;1-12-10-16(14-8-5-9-15(19)11-14)17(18(12)20)13-6-3-2-4-7-13/h2-9,11H,1,10H2;2-9,11H,1,10H2. The molecule has 0 unspecified atom stereocenters. The highest BCUT2D eigenvalue weighted by Gasteiger charge is 2.33. The highest BCUT2D eigenvalue weighted by molar-refractivity contribution is 9.10. The Hall–Kier alpha value is -4.55. The van der Waals surface area contributed by atoms with Gasteiger partial charge in [0, 0.05) is 28.5 Å². The molecule has 214 valence electrons. The molecule has 0 fully saturated rings. The fourth-order valence-electron chi connectivity index (χ4n) is 5.26. The van der Waals surface area contributed by atoms with Crippen LogP contribution in [-0.2, 0) is 15.8 Å². The number of hydrogen-bond acceptors (Lipinski definition) is 2. The predicted octanol–water partition coefficient (Wildman–Crippen LogP) is 10.0. The summed E-state index contributed by atoms with van der Waals surface area (Å²) < 4.78 is 39.8. The molecule has 6 rings (SSSR count). The van der Waals surface area contributed by atoms with Crippen molar-refractivity contribution in [2.45, 2.75) is 19.0 Å². The monoisotopic (exact) mass is 638 g/mol. The topological polar surface area (TPSA) is 34.1 Å². The smallest absolute Gasteiger partial charge is 0.289 e. The quantitative estimate of drug-likeness (QED) is 0.208. The van der Waals surface area contributed by atoms with E-state index in [-0.39, 0.29) is 18.0 Å². The van der Waals surface area contributed by atoms with Crippen LogP contribution in [0, 0.1) is 0 Å². The Labute approximate surface area is 256 Å². The molecule has 0 saturated carbocycles. The molecule has 0 aliphatic heterocycles. The van der Waals surface area contributed by atoms with E-state index in [1.54, 1.807) is 30.3 Å². The van der Waals surface area contributed by atoms with E-state index in [2.05, 4.69) is 29.1 Å². The maximum Gasteiger partial charge on any atom is 0.416 e. The first-order chi connectivity index (χ1) is 20.5. The van der Waals surface area contributed by atoms with Crippen LogP contribution in [0.25, 0.3) is 22.3 Å². The van der Waals surface area contributed by atoms with Crippen molar-refractivity contribution in [1.29, 1.82) is 0 Å². The van der Waals surface area contributed by atoms with Gasteiger partial charge in [0.05, 0.1) is 5.56 Å². The zero-order valence-corrected chi connectivity index (χ0v) is 24.6. The fourth-order valence-corrected chi connectivity index (χ4v) is 5.66. The summed E-state index contributed by atoms with van der Waals surface area (Å²) in [4.78, 5) is 24.8. The molecule has 2 aliphatic rings. The van der Waals surface area contributed by atoms with Crippen LogP contribution in [0.15, 0.2) is 138 Å². The first-order valence-corrected chi connectivity index (χ1v) is 14.3. The summed E-state index contributed by atoms with van der Waals surface area (Å²) >= 11 is 3.49. The summed E-state index contributed by atoms with van der Waals surface area (Å²) in [5, 5.41) is 0. The van der Waals surface area contributed by atoms with Crippen LogP contribution in [0.4, 0.5) is 13.2 Å². The highest BCUT2D eigenvalue weighted by Crippen LogP contribution is 2.42. The summed E-state index contributed by atoms with van der Waals surface area (Å²) in [5.74, 6) is -0.144. The molecule has 0 atom stereocenters. The van der Waals surface area contributed by atoms with E-state index in [1.807, 2.05) is 60.7 Å². The SMILES string of the molecule is C=C1CC(c2cccc(Br)c2)=C(c2ccccc2)C1=O.C=C1CC(c2cccc(C(F)(F)F)c2)=C(c2ccccc2)C1=O. The van der Waals surface area contributed by atoms with Gasteiger partial charge in [0.1, 0.15) is 0 Å². The lowest BCUT2D eigenvalue weighted by atomic mass is 9.95. The summed E-state index contributed by atoms with van der Waals surface area (Å²) in [6.07, 6.45) is -3.52. The molecule has 0 saturated heterocycles. The van der Waals surface area contributed by atoms with E-state index in [1.165, 1.54) is 6.07 Å². The van der Waals surface area contributed by atoms with Crippen LogP contribution in [0.5, 0.6) is 0 Å². The number of carbonyl (C=O) groups is 2. The second kappa shape index (κ2) is 12.4. The van der Waals surface area contributed by atoms with Crippen molar-refractivity contribution in [2.24, 2.45) is 0 Å². The Kier molecular flexibility index (Phi) is 8.60. The maximum absolute atomic E-state index is 12.9. The van der Waals surface area contributed by atoms with E-state index in [4.69, 9.17) is 0 Å². The van der Waals surface area contributed by atoms with Gasteiger partial charge < -0.3 is 0 Å². The Balaban J connectivity index is 0.000000173. The van der Waals surface area contributed by atoms with E-state index >= 15 is 0 Å². The van der Waals surface area contributed by atoms with Crippen molar-refractivity contribution in [1.82, 2.24) is 0 Å². The Morgan fingerprint density at radius 3 is 1.42 bits per heavy atom. The van der Waals surface area contributed by atoms with Gasteiger partial charge in [0.2, 0.25) is 0 Å². The first-order valence-electron chi connectivity index (χ1n) is 13.5. The average molecular weight is 640 g/mol. The van der Waals surface area contributed by atoms with Crippen LogP contribution in [0.3, 0.4) is 0 Å². The Morgan fingerprint density at radius 2 is 0.977 bits per heavy atom. The van der Waals surface area contributed by atoms with Crippen molar-refractivity contribution >= 4 is 49.8 Å². The van der Waals surface area contributed by atoms with E-state index in [0.717, 1.165) is 38.9 Å². The van der Waals surface area contributed by atoms with Gasteiger partial charge in [-0.15, -0.1) is 0 Å².